The molecule has 0 unspecified atom stereocenters. The maximum absolute atomic E-state index is 13.3. The molecular weight excluding hydrogens is 547 g/mol. The number of anilines is 3. The lowest BCUT2D eigenvalue weighted by Gasteiger charge is -2.35. The van der Waals surface area contributed by atoms with E-state index in [4.69, 9.17) is 27.9 Å². The fraction of sp³-hybridized carbons (Fsp3) is 0.355. The highest BCUT2D eigenvalue weighted by molar-refractivity contribution is 6.42. The predicted octanol–water partition coefficient (Wildman–Crippen LogP) is 7.25. The standard InChI is InChI=1S/C31H36Cl2N4O3/c1-2-40-18-6-15-34-30(38)26-20-24(35-31(39)36-25-9-11-27(32)28(33)21-25)10-12-29(26)37-16-13-23(14-17-37)19-22-7-4-3-5-8-22/h3-5,7-12,20-21,23H,2,6,13-19H2,1H3,(H,34,38)(H2,35,36,39). The van der Waals surface area contributed by atoms with Crippen LogP contribution >= 0.6 is 23.2 Å². The summed E-state index contributed by atoms with van der Waals surface area (Å²) in [5.74, 6) is 0.437. The van der Waals surface area contributed by atoms with Gasteiger partial charge in [0.05, 0.1) is 15.6 Å². The molecular formula is C31H36Cl2N4O3. The van der Waals surface area contributed by atoms with E-state index in [1.165, 1.54) is 5.56 Å². The van der Waals surface area contributed by atoms with Gasteiger partial charge in [-0.3, -0.25) is 4.79 Å². The maximum Gasteiger partial charge on any atom is 0.323 e. The van der Waals surface area contributed by atoms with E-state index in [1.807, 2.05) is 25.1 Å². The van der Waals surface area contributed by atoms with E-state index in [2.05, 4.69) is 45.1 Å². The van der Waals surface area contributed by atoms with Gasteiger partial charge in [0, 0.05) is 49.9 Å². The molecule has 0 bridgehead atoms. The van der Waals surface area contributed by atoms with E-state index in [0.29, 0.717) is 52.7 Å². The molecule has 0 aliphatic carbocycles. The zero-order valence-corrected chi connectivity index (χ0v) is 24.2. The van der Waals surface area contributed by atoms with E-state index >= 15 is 0 Å². The molecule has 1 heterocycles. The Morgan fingerprint density at radius 3 is 2.33 bits per heavy atom. The van der Waals surface area contributed by atoms with Gasteiger partial charge in [-0.05, 0) is 80.5 Å². The normalized spacial score (nSPS) is 13.6. The molecule has 3 aromatic rings. The number of halogens is 2. The number of amides is 3. The van der Waals surface area contributed by atoms with Gasteiger partial charge in [0.25, 0.3) is 5.91 Å². The van der Waals surface area contributed by atoms with E-state index in [0.717, 1.165) is 44.5 Å². The molecule has 7 nitrogen and oxygen atoms in total. The Balaban J connectivity index is 1.44. The third kappa shape index (κ3) is 8.62. The lowest BCUT2D eigenvalue weighted by Crippen LogP contribution is -2.36. The Labute approximate surface area is 246 Å². The van der Waals surface area contributed by atoms with Crippen LogP contribution in [0.1, 0.15) is 42.1 Å². The van der Waals surface area contributed by atoms with E-state index in [-0.39, 0.29) is 5.91 Å². The van der Waals surface area contributed by atoms with Gasteiger partial charge in [0.2, 0.25) is 0 Å². The highest BCUT2D eigenvalue weighted by Gasteiger charge is 2.24. The minimum atomic E-state index is -0.448. The largest absolute Gasteiger partial charge is 0.382 e. The summed E-state index contributed by atoms with van der Waals surface area (Å²) < 4.78 is 5.39. The number of nitrogens with one attached hydrogen (secondary N) is 3. The van der Waals surface area contributed by atoms with Crippen molar-refractivity contribution in [3.63, 3.8) is 0 Å². The van der Waals surface area contributed by atoms with Crippen LogP contribution in [-0.4, -0.2) is 44.8 Å². The van der Waals surface area contributed by atoms with Crippen LogP contribution in [0.4, 0.5) is 21.9 Å². The second-order valence-corrected chi connectivity index (χ2v) is 10.7. The van der Waals surface area contributed by atoms with Crippen molar-refractivity contribution in [3.05, 3.63) is 87.9 Å². The Morgan fingerprint density at radius 2 is 1.62 bits per heavy atom. The van der Waals surface area contributed by atoms with Gasteiger partial charge in [0.1, 0.15) is 0 Å². The quantitative estimate of drug-likeness (QED) is 0.208. The first-order chi connectivity index (χ1) is 19.4. The van der Waals surface area contributed by atoms with Crippen molar-refractivity contribution in [3.8, 4) is 0 Å². The molecule has 1 aliphatic rings. The molecule has 0 saturated carbocycles. The molecule has 0 aromatic heterocycles. The van der Waals surface area contributed by atoms with Gasteiger partial charge in [-0.15, -0.1) is 0 Å². The van der Waals surface area contributed by atoms with Crippen molar-refractivity contribution in [2.24, 2.45) is 5.92 Å². The number of carbonyl (C=O) groups is 2. The zero-order chi connectivity index (χ0) is 28.3. The summed E-state index contributed by atoms with van der Waals surface area (Å²) in [6.07, 6.45) is 3.90. The van der Waals surface area contributed by atoms with Crippen molar-refractivity contribution in [2.45, 2.75) is 32.6 Å². The van der Waals surface area contributed by atoms with Crippen LogP contribution in [0.15, 0.2) is 66.7 Å². The van der Waals surface area contributed by atoms with Crippen LogP contribution in [-0.2, 0) is 11.2 Å². The summed E-state index contributed by atoms with van der Waals surface area (Å²) in [5.41, 5.74) is 3.79. The predicted molar refractivity (Wildman–Crippen MR) is 164 cm³/mol. The summed E-state index contributed by atoms with van der Waals surface area (Å²) in [6.45, 7) is 5.43. The number of rotatable bonds is 11. The molecule has 9 heteroatoms. The van der Waals surface area contributed by atoms with E-state index in [9.17, 15) is 9.59 Å². The molecule has 1 saturated heterocycles. The zero-order valence-electron chi connectivity index (χ0n) is 22.7. The summed E-state index contributed by atoms with van der Waals surface area (Å²) in [7, 11) is 0. The summed E-state index contributed by atoms with van der Waals surface area (Å²) in [6, 6.07) is 20.5. The van der Waals surface area contributed by atoms with Crippen molar-refractivity contribution in [2.75, 3.05) is 48.4 Å². The molecule has 0 spiro atoms. The Kier molecular flexibility index (Phi) is 11.1. The third-order valence-corrected chi connectivity index (χ3v) is 7.69. The van der Waals surface area contributed by atoms with Crippen LogP contribution in [0.25, 0.3) is 0 Å². The van der Waals surface area contributed by atoms with Gasteiger partial charge in [-0.25, -0.2) is 4.79 Å². The fourth-order valence-electron chi connectivity index (χ4n) is 4.88. The molecule has 1 fully saturated rings. The van der Waals surface area contributed by atoms with Crippen LogP contribution in [0, 0.1) is 5.92 Å². The van der Waals surface area contributed by atoms with Crippen molar-refractivity contribution in [1.82, 2.24) is 5.32 Å². The molecule has 0 radical (unpaired) electrons. The maximum atomic E-state index is 13.3. The number of piperidine rings is 1. The minimum Gasteiger partial charge on any atom is -0.382 e. The average Bonchev–Trinajstić information content (AvgIpc) is 2.96. The lowest BCUT2D eigenvalue weighted by molar-refractivity contribution is 0.0944. The molecule has 3 N–H and O–H groups in total. The first-order valence-corrected chi connectivity index (χ1v) is 14.5. The fourth-order valence-corrected chi connectivity index (χ4v) is 5.18. The Morgan fingerprint density at radius 1 is 0.925 bits per heavy atom. The number of carbonyl (C=O) groups excluding carboxylic acids is 2. The Hall–Kier alpha value is -3.26. The monoisotopic (exact) mass is 582 g/mol. The molecule has 1 aliphatic heterocycles. The smallest absolute Gasteiger partial charge is 0.323 e. The SMILES string of the molecule is CCOCCCNC(=O)c1cc(NC(=O)Nc2ccc(Cl)c(Cl)c2)ccc1N1CCC(Cc2ccccc2)CC1. The van der Waals surface area contributed by atoms with Gasteiger partial charge >= 0.3 is 6.03 Å². The van der Waals surface area contributed by atoms with Crippen LogP contribution in [0.5, 0.6) is 0 Å². The van der Waals surface area contributed by atoms with Crippen LogP contribution < -0.4 is 20.9 Å². The summed E-state index contributed by atoms with van der Waals surface area (Å²) in [5, 5.41) is 9.33. The number of hydrogen-bond donors (Lipinski definition) is 3. The molecule has 0 atom stereocenters. The second-order valence-electron chi connectivity index (χ2n) is 9.87. The number of urea groups is 1. The topological polar surface area (TPSA) is 82.7 Å². The second kappa shape index (κ2) is 14.9. The third-order valence-electron chi connectivity index (χ3n) is 6.95. The number of nitrogens with zero attached hydrogens (tertiary/aromatic N) is 1. The number of benzene rings is 3. The molecule has 4 rings (SSSR count). The molecule has 212 valence electrons. The highest BCUT2D eigenvalue weighted by atomic mass is 35.5. The van der Waals surface area contributed by atoms with Gasteiger partial charge in [-0.2, -0.15) is 0 Å². The first-order valence-electron chi connectivity index (χ1n) is 13.7. The van der Waals surface area contributed by atoms with E-state index in [1.54, 1.807) is 24.3 Å². The number of ether oxygens (including phenoxy) is 1. The Bertz CT molecular complexity index is 1280. The van der Waals surface area contributed by atoms with Crippen molar-refractivity contribution < 1.29 is 14.3 Å². The van der Waals surface area contributed by atoms with Crippen LogP contribution in [0.2, 0.25) is 10.0 Å². The number of hydrogen-bond acceptors (Lipinski definition) is 4. The van der Waals surface area contributed by atoms with Crippen molar-refractivity contribution >= 4 is 52.2 Å². The van der Waals surface area contributed by atoms with Gasteiger partial charge in [-0.1, -0.05) is 53.5 Å². The molecule has 3 amide bonds. The van der Waals surface area contributed by atoms with Gasteiger partial charge in [0.15, 0.2) is 0 Å². The first kappa shape index (κ1) is 29.7. The molecule has 3 aromatic carbocycles. The summed E-state index contributed by atoms with van der Waals surface area (Å²) >= 11 is 12.0. The lowest BCUT2D eigenvalue weighted by atomic mass is 9.89. The highest BCUT2D eigenvalue weighted by Crippen LogP contribution is 2.30. The van der Waals surface area contributed by atoms with Crippen LogP contribution in [0.3, 0.4) is 0 Å². The summed E-state index contributed by atoms with van der Waals surface area (Å²) in [4.78, 5) is 28.3. The van der Waals surface area contributed by atoms with Gasteiger partial charge < -0.3 is 25.6 Å². The minimum absolute atomic E-state index is 0.175. The van der Waals surface area contributed by atoms with Crippen molar-refractivity contribution in [1.29, 1.82) is 0 Å². The van der Waals surface area contributed by atoms with E-state index < -0.39 is 6.03 Å². The average molecular weight is 584 g/mol. The molecule has 40 heavy (non-hydrogen) atoms.